The summed E-state index contributed by atoms with van der Waals surface area (Å²) in [6.45, 7) is -0.268. The van der Waals surface area contributed by atoms with Crippen LogP contribution in [0, 0.1) is 11.6 Å². The average Bonchev–Trinajstić information content (AvgIpc) is 3.37. The molecular formula is C19H13F2N3O4S. The second-order valence-electron chi connectivity index (χ2n) is 6.10. The van der Waals surface area contributed by atoms with Gasteiger partial charge in [0.05, 0.1) is 24.0 Å². The van der Waals surface area contributed by atoms with Gasteiger partial charge < -0.3 is 9.73 Å². The Bertz CT molecular complexity index is 1320. The third-order valence-electron chi connectivity index (χ3n) is 4.25. The largest absolute Gasteiger partial charge is 0.467 e. The molecule has 0 radical (unpaired) electrons. The van der Waals surface area contributed by atoms with Crippen LogP contribution in [0.4, 0.5) is 8.78 Å². The topological polar surface area (TPSA) is 86.2 Å². The Morgan fingerprint density at radius 1 is 1.17 bits per heavy atom. The van der Waals surface area contributed by atoms with Gasteiger partial charge in [-0.15, -0.1) is 11.3 Å². The molecule has 10 heteroatoms. The van der Waals surface area contributed by atoms with E-state index < -0.39 is 35.3 Å². The highest BCUT2D eigenvalue weighted by Crippen LogP contribution is 2.18. The van der Waals surface area contributed by atoms with E-state index in [1.54, 1.807) is 17.5 Å². The third-order valence-corrected chi connectivity index (χ3v) is 5.14. The summed E-state index contributed by atoms with van der Waals surface area (Å²) >= 11 is 1.06. The van der Waals surface area contributed by atoms with Gasteiger partial charge in [-0.1, -0.05) is 0 Å². The Morgan fingerprint density at radius 2 is 2.00 bits per heavy atom. The molecule has 4 rings (SSSR count). The number of fused-ring (bicyclic) bond motifs is 1. The maximum absolute atomic E-state index is 14.3. The van der Waals surface area contributed by atoms with Gasteiger partial charge in [-0.2, -0.15) is 0 Å². The summed E-state index contributed by atoms with van der Waals surface area (Å²) in [5.74, 6) is -1.87. The van der Waals surface area contributed by atoms with Crippen molar-refractivity contribution in [2.75, 3.05) is 0 Å². The fourth-order valence-electron chi connectivity index (χ4n) is 2.91. The van der Waals surface area contributed by atoms with Crippen LogP contribution in [0.2, 0.25) is 0 Å². The van der Waals surface area contributed by atoms with Gasteiger partial charge in [0.1, 0.15) is 28.6 Å². The quantitative estimate of drug-likeness (QED) is 0.540. The number of hydrogen-bond donors (Lipinski definition) is 1. The predicted molar refractivity (Wildman–Crippen MR) is 102 cm³/mol. The molecular weight excluding hydrogens is 404 g/mol. The lowest BCUT2D eigenvalue weighted by Crippen LogP contribution is -2.41. The van der Waals surface area contributed by atoms with Gasteiger partial charge in [0.25, 0.3) is 5.56 Å². The van der Waals surface area contributed by atoms with E-state index in [0.717, 1.165) is 28.0 Å². The van der Waals surface area contributed by atoms with Crippen molar-refractivity contribution in [3.63, 3.8) is 0 Å². The van der Waals surface area contributed by atoms with Gasteiger partial charge >= 0.3 is 5.69 Å². The monoisotopic (exact) mass is 417 g/mol. The number of carbonyl (C=O) groups excluding carboxylic acids is 1. The fourth-order valence-corrected chi connectivity index (χ4v) is 3.74. The van der Waals surface area contributed by atoms with Crippen molar-refractivity contribution in [3.05, 3.63) is 86.3 Å². The summed E-state index contributed by atoms with van der Waals surface area (Å²) in [7, 11) is 0. The molecule has 1 amide bonds. The number of halogens is 2. The molecule has 0 saturated carbocycles. The second-order valence-corrected chi connectivity index (χ2v) is 7.01. The highest BCUT2D eigenvalue weighted by atomic mass is 32.1. The number of carbonyl (C=O) groups is 1. The van der Waals surface area contributed by atoms with Crippen molar-refractivity contribution in [1.29, 1.82) is 0 Å². The normalized spacial score (nSPS) is 11.1. The molecule has 0 aliphatic carbocycles. The van der Waals surface area contributed by atoms with Crippen molar-refractivity contribution < 1.29 is 18.0 Å². The van der Waals surface area contributed by atoms with Crippen LogP contribution in [0.25, 0.3) is 15.9 Å². The molecule has 3 aromatic heterocycles. The van der Waals surface area contributed by atoms with Gasteiger partial charge in [0.15, 0.2) is 0 Å². The lowest BCUT2D eigenvalue weighted by atomic mass is 10.3. The summed E-state index contributed by atoms with van der Waals surface area (Å²) in [6, 6.07) is 7.43. The van der Waals surface area contributed by atoms with Crippen molar-refractivity contribution in [3.8, 4) is 5.69 Å². The smallest absolute Gasteiger partial charge is 0.336 e. The molecule has 7 nitrogen and oxygen atoms in total. The first kappa shape index (κ1) is 18.8. The summed E-state index contributed by atoms with van der Waals surface area (Å²) < 4.78 is 34.5. The standard InChI is InChI=1S/C19H13F2N3O4S/c20-11-3-4-14(13(21)8-11)24-18(26)17-15(5-7-29-17)23(19(24)27)10-16(25)22-9-12-2-1-6-28-12/h1-8H,9-10H2,(H,22,25). The number of furan rings is 1. The molecule has 29 heavy (non-hydrogen) atoms. The SMILES string of the molecule is O=C(Cn1c(=O)n(-c2ccc(F)cc2F)c(=O)c2sccc21)NCc1ccco1. The Hall–Kier alpha value is -3.53. The van der Waals surface area contributed by atoms with Crippen LogP contribution in [-0.2, 0) is 17.9 Å². The summed E-state index contributed by atoms with van der Waals surface area (Å²) in [5.41, 5.74) is -1.77. The first-order valence-electron chi connectivity index (χ1n) is 8.43. The maximum Gasteiger partial charge on any atom is 0.336 e. The Kier molecular flexibility index (Phi) is 4.85. The second kappa shape index (κ2) is 7.47. The van der Waals surface area contributed by atoms with E-state index in [9.17, 15) is 23.2 Å². The van der Waals surface area contributed by atoms with Crippen LogP contribution >= 0.6 is 11.3 Å². The molecule has 0 aliphatic rings. The zero-order valence-corrected chi connectivity index (χ0v) is 15.5. The van der Waals surface area contributed by atoms with E-state index in [1.165, 1.54) is 12.3 Å². The zero-order chi connectivity index (χ0) is 20.5. The molecule has 0 atom stereocenters. The Morgan fingerprint density at radius 3 is 2.72 bits per heavy atom. The van der Waals surface area contributed by atoms with Gasteiger partial charge in [0, 0.05) is 6.07 Å². The Balaban J connectivity index is 1.78. The van der Waals surface area contributed by atoms with Crippen LogP contribution in [-0.4, -0.2) is 15.0 Å². The van der Waals surface area contributed by atoms with Crippen LogP contribution in [0.5, 0.6) is 0 Å². The van der Waals surface area contributed by atoms with Crippen LogP contribution in [0.1, 0.15) is 5.76 Å². The molecule has 0 fully saturated rings. The van der Waals surface area contributed by atoms with Crippen molar-refractivity contribution in [2.45, 2.75) is 13.1 Å². The number of benzene rings is 1. The van der Waals surface area contributed by atoms with E-state index in [-0.39, 0.29) is 22.4 Å². The molecule has 148 valence electrons. The molecule has 0 aliphatic heterocycles. The fraction of sp³-hybridized carbons (Fsp3) is 0.105. The zero-order valence-electron chi connectivity index (χ0n) is 14.7. The molecule has 0 saturated heterocycles. The number of hydrogen-bond acceptors (Lipinski definition) is 5. The maximum atomic E-state index is 14.3. The average molecular weight is 417 g/mol. The lowest BCUT2D eigenvalue weighted by Gasteiger charge is -2.12. The lowest BCUT2D eigenvalue weighted by molar-refractivity contribution is -0.121. The van der Waals surface area contributed by atoms with Crippen molar-refractivity contribution >= 4 is 27.5 Å². The molecule has 0 spiro atoms. The van der Waals surface area contributed by atoms with Gasteiger partial charge in [0.2, 0.25) is 5.91 Å². The summed E-state index contributed by atoms with van der Waals surface area (Å²) in [6.07, 6.45) is 1.47. The number of rotatable bonds is 5. The van der Waals surface area contributed by atoms with Gasteiger partial charge in [-0.3, -0.25) is 14.2 Å². The van der Waals surface area contributed by atoms with Gasteiger partial charge in [-0.05, 0) is 35.7 Å². The predicted octanol–water partition coefficient (Wildman–Crippen LogP) is 2.40. The van der Waals surface area contributed by atoms with Crippen LogP contribution in [0.3, 0.4) is 0 Å². The van der Waals surface area contributed by atoms with Crippen LogP contribution < -0.4 is 16.6 Å². The van der Waals surface area contributed by atoms with E-state index in [0.29, 0.717) is 16.4 Å². The minimum absolute atomic E-state index is 0.125. The Labute approximate surface area is 165 Å². The highest BCUT2D eigenvalue weighted by molar-refractivity contribution is 7.17. The van der Waals surface area contributed by atoms with Crippen molar-refractivity contribution in [2.24, 2.45) is 0 Å². The third kappa shape index (κ3) is 3.49. The molecule has 1 aromatic carbocycles. The highest BCUT2D eigenvalue weighted by Gasteiger charge is 2.19. The van der Waals surface area contributed by atoms with Crippen molar-refractivity contribution in [1.82, 2.24) is 14.5 Å². The number of nitrogens with zero attached hydrogens (tertiary/aromatic N) is 2. The molecule has 4 aromatic rings. The molecule has 3 heterocycles. The van der Waals surface area contributed by atoms with E-state index in [2.05, 4.69) is 5.32 Å². The van der Waals surface area contributed by atoms with E-state index in [1.807, 2.05) is 0 Å². The molecule has 0 unspecified atom stereocenters. The molecule has 1 N–H and O–H groups in total. The number of amides is 1. The first-order chi connectivity index (χ1) is 14.0. The van der Waals surface area contributed by atoms with Gasteiger partial charge in [-0.25, -0.2) is 18.1 Å². The minimum Gasteiger partial charge on any atom is -0.467 e. The number of nitrogens with one attached hydrogen (secondary N) is 1. The number of thiophene rings is 1. The molecule has 0 bridgehead atoms. The summed E-state index contributed by atoms with van der Waals surface area (Å²) in [4.78, 5) is 38.1. The van der Waals surface area contributed by atoms with E-state index >= 15 is 0 Å². The number of aromatic nitrogens is 2. The van der Waals surface area contributed by atoms with E-state index in [4.69, 9.17) is 4.42 Å². The summed E-state index contributed by atoms with van der Waals surface area (Å²) in [5, 5.41) is 4.20. The first-order valence-corrected chi connectivity index (χ1v) is 9.31. The van der Waals surface area contributed by atoms with Crippen LogP contribution in [0.15, 0.2) is 62.0 Å². The minimum atomic E-state index is -1.06.